The number of likely N-dealkylation sites (tertiary alicyclic amines) is 1. The summed E-state index contributed by atoms with van der Waals surface area (Å²) in [6.07, 6.45) is 2.33. The molecule has 5 nitrogen and oxygen atoms in total. The number of carbonyl (C=O) groups excluding carboxylic acids is 1. The van der Waals surface area contributed by atoms with Crippen LogP contribution in [-0.2, 0) is 4.79 Å². The van der Waals surface area contributed by atoms with Gasteiger partial charge in [-0.25, -0.2) is 0 Å². The molecule has 0 saturated carbocycles. The monoisotopic (exact) mass is 414 g/mol. The number of nitrogens with one attached hydrogen (secondary N) is 1. The standard InChI is InChI=1S/C21H22N2O3S2/c1-13(28-21(27)23-9-5-6-10-23)20(24)22-16-12-18-15(11-19(16)25-2)14-7-3-4-8-17(14)26-18/h3-4,7-8,11-13H,5-6,9-10H2,1-2H3,(H,22,24)/t13-/m0/s1. The second-order valence-corrected chi connectivity index (χ2v) is 8.83. The van der Waals surface area contributed by atoms with Crippen LogP contribution in [0.15, 0.2) is 40.8 Å². The second-order valence-electron chi connectivity index (χ2n) is 6.86. The third-order valence-electron chi connectivity index (χ3n) is 4.97. The largest absolute Gasteiger partial charge is 0.495 e. The van der Waals surface area contributed by atoms with Crippen LogP contribution in [-0.4, -0.2) is 40.6 Å². The molecule has 0 bridgehead atoms. The fraction of sp³-hybridized carbons (Fsp3) is 0.333. The van der Waals surface area contributed by atoms with E-state index in [9.17, 15) is 4.79 Å². The van der Waals surface area contributed by atoms with Crippen molar-refractivity contribution in [1.82, 2.24) is 4.90 Å². The fourth-order valence-electron chi connectivity index (χ4n) is 3.43. The topological polar surface area (TPSA) is 54.7 Å². The SMILES string of the molecule is COc1cc2c(cc1NC(=O)[C@H](C)SC(=S)N1CCCC1)oc1ccccc12. The number of furan rings is 1. The molecule has 1 amide bonds. The number of anilines is 1. The van der Waals surface area contributed by atoms with Crippen LogP contribution in [0.5, 0.6) is 5.75 Å². The second kappa shape index (κ2) is 8.01. The zero-order chi connectivity index (χ0) is 19.7. The highest BCUT2D eigenvalue weighted by molar-refractivity contribution is 8.23. The molecule has 1 atom stereocenters. The van der Waals surface area contributed by atoms with Crippen LogP contribution in [0.3, 0.4) is 0 Å². The van der Waals surface area contributed by atoms with Gasteiger partial charge in [0.2, 0.25) is 5.91 Å². The summed E-state index contributed by atoms with van der Waals surface area (Å²) in [6, 6.07) is 11.6. The molecule has 0 unspecified atom stereocenters. The average molecular weight is 415 g/mol. The molecule has 1 aliphatic rings. The number of amides is 1. The molecule has 2 aromatic carbocycles. The van der Waals surface area contributed by atoms with Gasteiger partial charge in [-0.15, -0.1) is 0 Å². The number of nitrogens with zero attached hydrogens (tertiary/aromatic N) is 1. The van der Waals surface area contributed by atoms with Crippen LogP contribution < -0.4 is 10.1 Å². The number of hydrogen-bond acceptors (Lipinski definition) is 5. The van der Waals surface area contributed by atoms with Crippen LogP contribution >= 0.6 is 24.0 Å². The van der Waals surface area contributed by atoms with Crippen molar-refractivity contribution in [3.8, 4) is 5.75 Å². The van der Waals surface area contributed by atoms with Gasteiger partial charge in [0, 0.05) is 29.9 Å². The Balaban J connectivity index is 1.55. The first-order valence-electron chi connectivity index (χ1n) is 9.32. The van der Waals surface area contributed by atoms with E-state index in [0.717, 1.165) is 46.6 Å². The molecule has 0 spiro atoms. The highest BCUT2D eigenvalue weighted by Gasteiger charge is 2.22. The Morgan fingerprint density at radius 1 is 1.21 bits per heavy atom. The van der Waals surface area contributed by atoms with Crippen molar-refractivity contribution < 1.29 is 13.9 Å². The summed E-state index contributed by atoms with van der Waals surface area (Å²) >= 11 is 6.92. The van der Waals surface area contributed by atoms with Gasteiger partial charge in [0.15, 0.2) is 0 Å². The maximum atomic E-state index is 12.7. The van der Waals surface area contributed by atoms with E-state index in [1.165, 1.54) is 11.8 Å². The highest BCUT2D eigenvalue weighted by Crippen LogP contribution is 2.36. The van der Waals surface area contributed by atoms with Gasteiger partial charge < -0.3 is 19.4 Å². The highest BCUT2D eigenvalue weighted by atomic mass is 32.2. The zero-order valence-electron chi connectivity index (χ0n) is 15.9. The number of thiocarbonyl (C=S) groups is 1. The van der Waals surface area contributed by atoms with Gasteiger partial charge in [0.25, 0.3) is 0 Å². The maximum absolute atomic E-state index is 12.7. The summed E-state index contributed by atoms with van der Waals surface area (Å²) in [5, 5.41) is 4.65. The summed E-state index contributed by atoms with van der Waals surface area (Å²) in [6.45, 7) is 3.84. The third kappa shape index (κ3) is 3.69. The van der Waals surface area contributed by atoms with Crippen molar-refractivity contribution in [3.05, 3.63) is 36.4 Å². The number of carbonyl (C=O) groups is 1. The van der Waals surface area contributed by atoms with E-state index in [-0.39, 0.29) is 11.2 Å². The lowest BCUT2D eigenvalue weighted by Gasteiger charge is -2.20. The zero-order valence-corrected chi connectivity index (χ0v) is 17.5. The Kier molecular flexibility index (Phi) is 5.46. The predicted molar refractivity (Wildman–Crippen MR) is 119 cm³/mol. The smallest absolute Gasteiger partial charge is 0.237 e. The molecule has 1 aliphatic heterocycles. The number of para-hydroxylation sites is 1. The van der Waals surface area contributed by atoms with Gasteiger partial charge in [-0.05, 0) is 31.9 Å². The number of hydrogen-bond donors (Lipinski definition) is 1. The summed E-state index contributed by atoms with van der Waals surface area (Å²) in [4.78, 5) is 14.9. The van der Waals surface area contributed by atoms with E-state index < -0.39 is 0 Å². The van der Waals surface area contributed by atoms with Crippen molar-refractivity contribution in [1.29, 1.82) is 0 Å². The summed E-state index contributed by atoms with van der Waals surface area (Å²) in [5.74, 6) is 0.493. The predicted octanol–water partition coefficient (Wildman–Crippen LogP) is 5.04. The summed E-state index contributed by atoms with van der Waals surface area (Å²) in [7, 11) is 1.60. The van der Waals surface area contributed by atoms with Crippen LogP contribution in [0.25, 0.3) is 21.9 Å². The Hall–Kier alpha value is -2.25. The Labute approximate surface area is 173 Å². The Morgan fingerprint density at radius 3 is 2.71 bits per heavy atom. The van der Waals surface area contributed by atoms with Gasteiger partial charge in [-0.1, -0.05) is 42.2 Å². The van der Waals surface area contributed by atoms with E-state index in [2.05, 4.69) is 10.2 Å². The van der Waals surface area contributed by atoms with E-state index in [4.69, 9.17) is 21.4 Å². The molecule has 4 rings (SSSR count). The van der Waals surface area contributed by atoms with Crippen molar-refractivity contribution in [2.75, 3.05) is 25.5 Å². The number of fused-ring (bicyclic) bond motifs is 3. The molecule has 146 valence electrons. The first-order chi connectivity index (χ1) is 13.6. The van der Waals surface area contributed by atoms with Gasteiger partial charge in [-0.3, -0.25) is 4.79 Å². The minimum absolute atomic E-state index is 0.111. The van der Waals surface area contributed by atoms with E-state index in [0.29, 0.717) is 17.0 Å². The lowest BCUT2D eigenvalue weighted by molar-refractivity contribution is -0.115. The maximum Gasteiger partial charge on any atom is 0.237 e. The number of methoxy groups -OCH3 is 1. The van der Waals surface area contributed by atoms with E-state index in [1.807, 2.05) is 43.3 Å². The molecular formula is C21H22N2O3S2. The van der Waals surface area contributed by atoms with Gasteiger partial charge in [-0.2, -0.15) is 0 Å². The Bertz CT molecular complexity index is 1040. The molecule has 28 heavy (non-hydrogen) atoms. The van der Waals surface area contributed by atoms with E-state index >= 15 is 0 Å². The molecular weight excluding hydrogens is 392 g/mol. The van der Waals surface area contributed by atoms with Crippen molar-refractivity contribution >= 4 is 61.8 Å². The molecule has 7 heteroatoms. The molecule has 1 aromatic heterocycles. The average Bonchev–Trinajstić information content (AvgIpc) is 3.35. The summed E-state index contributed by atoms with van der Waals surface area (Å²) < 4.78 is 12.2. The number of ether oxygens (including phenoxy) is 1. The lowest BCUT2D eigenvalue weighted by atomic mass is 10.1. The van der Waals surface area contributed by atoms with Gasteiger partial charge in [0.05, 0.1) is 18.0 Å². The van der Waals surface area contributed by atoms with Gasteiger partial charge in [0.1, 0.15) is 21.2 Å². The van der Waals surface area contributed by atoms with Crippen LogP contribution in [0, 0.1) is 0 Å². The normalized spacial score (nSPS) is 15.1. The van der Waals surface area contributed by atoms with Crippen LogP contribution in [0.2, 0.25) is 0 Å². The van der Waals surface area contributed by atoms with Crippen molar-refractivity contribution in [2.24, 2.45) is 0 Å². The Morgan fingerprint density at radius 2 is 1.96 bits per heavy atom. The van der Waals surface area contributed by atoms with Crippen LogP contribution in [0.4, 0.5) is 5.69 Å². The molecule has 1 fully saturated rings. The minimum atomic E-state index is -0.302. The van der Waals surface area contributed by atoms with Crippen molar-refractivity contribution in [3.63, 3.8) is 0 Å². The molecule has 2 heterocycles. The number of thioether (sulfide) groups is 1. The number of benzene rings is 2. The third-order valence-corrected chi connectivity index (χ3v) is 6.54. The molecule has 0 radical (unpaired) electrons. The van der Waals surface area contributed by atoms with E-state index in [1.54, 1.807) is 7.11 Å². The molecule has 0 aliphatic carbocycles. The minimum Gasteiger partial charge on any atom is -0.495 e. The lowest BCUT2D eigenvalue weighted by Crippen LogP contribution is -2.29. The first-order valence-corrected chi connectivity index (χ1v) is 10.6. The van der Waals surface area contributed by atoms with Crippen molar-refractivity contribution in [2.45, 2.75) is 25.0 Å². The quantitative estimate of drug-likeness (QED) is 0.604. The number of rotatable bonds is 4. The molecule has 1 saturated heterocycles. The summed E-state index contributed by atoms with van der Waals surface area (Å²) in [5.41, 5.74) is 2.12. The van der Waals surface area contributed by atoms with Crippen LogP contribution in [0.1, 0.15) is 19.8 Å². The molecule has 1 N–H and O–H groups in total. The first kappa shape index (κ1) is 19.1. The van der Waals surface area contributed by atoms with Gasteiger partial charge >= 0.3 is 0 Å². The molecule has 3 aromatic rings. The fourth-order valence-corrected chi connectivity index (χ4v) is 4.85.